The van der Waals surface area contributed by atoms with E-state index >= 15 is 0 Å². The van der Waals surface area contributed by atoms with E-state index in [0.717, 1.165) is 18.2 Å². The van der Waals surface area contributed by atoms with Gasteiger partial charge in [-0.3, -0.25) is 4.57 Å². The first kappa shape index (κ1) is 14.3. The predicted molar refractivity (Wildman–Crippen MR) is 80.3 cm³/mol. The topological polar surface area (TPSA) is 17.8 Å². The maximum absolute atomic E-state index is 14.1. The molecule has 1 heterocycles. The quantitative estimate of drug-likeness (QED) is 0.587. The highest BCUT2D eigenvalue weighted by Gasteiger charge is 2.20. The molecule has 0 saturated heterocycles. The maximum atomic E-state index is 14.1. The molecule has 0 aliphatic rings. The minimum absolute atomic E-state index is 0.0577. The molecular formula is C15H10Cl2F2N2. The van der Waals surface area contributed by atoms with Crippen LogP contribution in [-0.2, 0) is 0 Å². The first-order chi connectivity index (χ1) is 9.99. The van der Waals surface area contributed by atoms with E-state index < -0.39 is 17.0 Å². The zero-order valence-corrected chi connectivity index (χ0v) is 12.5. The summed E-state index contributed by atoms with van der Waals surface area (Å²) in [4.78, 5) is 4.37. The fraction of sp³-hybridized carbons (Fsp3) is 0.133. The van der Waals surface area contributed by atoms with Gasteiger partial charge in [0.05, 0.1) is 21.6 Å². The second-order valence-corrected chi connectivity index (χ2v) is 5.69. The number of rotatable bonds is 2. The van der Waals surface area contributed by atoms with Crippen molar-refractivity contribution in [2.75, 3.05) is 0 Å². The van der Waals surface area contributed by atoms with Crippen LogP contribution in [0.15, 0.2) is 36.4 Å². The molecule has 1 atom stereocenters. The van der Waals surface area contributed by atoms with E-state index in [4.69, 9.17) is 23.2 Å². The second-order valence-electron chi connectivity index (χ2n) is 4.62. The van der Waals surface area contributed by atoms with Gasteiger partial charge >= 0.3 is 0 Å². The van der Waals surface area contributed by atoms with Gasteiger partial charge in [0.15, 0.2) is 0 Å². The largest absolute Gasteiger partial charge is 0.292 e. The van der Waals surface area contributed by atoms with E-state index in [-0.39, 0.29) is 5.69 Å². The molecule has 0 N–H and O–H groups in total. The van der Waals surface area contributed by atoms with E-state index in [2.05, 4.69) is 4.98 Å². The number of benzene rings is 2. The third-order valence-corrected chi connectivity index (χ3v) is 3.67. The lowest BCUT2D eigenvalue weighted by Gasteiger charge is -2.11. The highest BCUT2D eigenvalue weighted by molar-refractivity contribution is 6.35. The standard InChI is InChI=1S/C15H10Cl2F2N2/c1-8(16)15-20-14-10(17)3-2-4-12(14)21(15)13-7-9(18)5-6-11(13)19/h2-8H,1H3. The van der Waals surface area contributed by atoms with Crippen molar-refractivity contribution >= 4 is 34.2 Å². The van der Waals surface area contributed by atoms with Crippen molar-refractivity contribution in [3.63, 3.8) is 0 Å². The molecular weight excluding hydrogens is 317 g/mol. The molecule has 0 saturated carbocycles. The van der Waals surface area contributed by atoms with Crippen LogP contribution < -0.4 is 0 Å². The van der Waals surface area contributed by atoms with Gasteiger partial charge < -0.3 is 0 Å². The molecule has 6 heteroatoms. The van der Waals surface area contributed by atoms with Crippen LogP contribution in [0.25, 0.3) is 16.7 Å². The van der Waals surface area contributed by atoms with E-state index in [1.807, 2.05) is 0 Å². The lowest BCUT2D eigenvalue weighted by atomic mass is 10.2. The Morgan fingerprint density at radius 1 is 1.19 bits per heavy atom. The monoisotopic (exact) mass is 326 g/mol. The minimum Gasteiger partial charge on any atom is -0.292 e. The van der Waals surface area contributed by atoms with Crippen molar-refractivity contribution in [3.05, 3.63) is 58.9 Å². The number of alkyl halides is 1. The highest BCUT2D eigenvalue weighted by atomic mass is 35.5. The first-order valence-corrected chi connectivity index (χ1v) is 7.07. The molecule has 3 aromatic rings. The summed E-state index contributed by atoms with van der Waals surface area (Å²) >= 11 is 12.3. The van der Waals surface area contributed by atoms with Gasteiger partial charge in [0.25, 0.3) is 0 Å². The van der Waals surface area contributed by atoms with Crippen molar-refractivity contribution < 1.29 is 8.78 Å². The fourth-order valence-corrected chi connectivity index (χ4v) is 2.62. The van der Waals surface area contributed by atoms with Crippen LogP contribution in [0.4, 0.5) is 8.78 Å². The number of imidazole rings is 1. The van der Waals surface area contributed by atoms with Crippen LogP contribution in [0.1, 0.15) is 18.1 Å². The fourth-order valence-electron chi connectivity index (χ4n) is 2.26. The van der Waals surface area contributed by atoms with Gasteiger partial charge in [0.1, 0.15) is 23.0 Å². The number of hydrogen-bond acceptors (Lipinski definition) is 1. The van der Waals surface area contributed by atoms with Crippen LogP contribution >= 0.6 is 23.2 Å². The van der Waals surface area contributed by atoms with Gasteiger partial charge in [0, 0.05) is 6.07 Å². The lowest BCUT2D eigenvalue weighted by molar-refractivity contribution is 0.591. The smallest absolute Gasteiger partial charge is 0.147 e. The summed E-state index contributed by atoms with van der Waals surface area (Å²) in [6.07, 6.45) is 0. The lowest BCUT2D eigenvalue weighted by Crippen LogP contribution is -2.04. The summed E-state index contributed by atoms with van der Waals surface area (Å²) in [6.45, 7) is 1.71. The van der Waals surface area contributed by atoms with E-state index in [9.17, 15) is 8.78 Å². The Morgan fingerprint density at radius 3 is 2.67 bits per heavy atom. The molecule has 1 unspecified atom stereocenters. The van der Waals surface area contributed by atoms with Gasteiger partial charge in [-0.1, -0.05) is 17.7 Å². The zero-order valence-electron chi connectivity index (χ0n) is 10.9. The summed E-state index contributed by atoms with van der Waals surface area (Å²) < 4.78 is 29.1. The van der Waals surface area contributed by atoms with Crippen LogP contribution in [0, 0.1) is 11.6 Å². The molecule has 0 aliphatic heterocycles. The third-order valence-electron chi connectivity index (χ3n) is 3.17. The Morgan fingerprint density at radius 2 is 1.95 bits per heavy atom. The Kier molecular flexibility index (Phi) is 3.59. The molecule has 0 aliphatic carbocycles. The van der Waals surface area contributed by atoms with Crippen molar-refractivity contribution in [1.29, 1.82) is 0 Å². The van der Waals surface area contributed by atoms with Gasteiger partial charge in [-0.05, 0) is 31.2 Å². The molecule has 3 rings (SSSR count). The van der Waals surface area contributed by atoms with Crippen molar-refractivity contribution in [2.24, 2.45) is 0 Å². The summed E-state index contributed by atoms with van der Waals surface area (Å²) in [7, 11) is 0. The predicted octanol–water partition coefficient (Wildman–Crippen LogP) is 5.26. The van der Waals surface area contributed by atoms with Gasteiger partial charge in [-0.2, -0.15) is 0 Å². The number of aromatic nitrogens is 2. The molecule has 21 heavy (non-hydrogen) atoms. The summed E-state index contributed by atoms with van der Waals surface area (Å²) in [5.41, 5.74) is 1.14. The third kappa shape index (κ3) is 2.39. The number of halogens is 4. The molecule has 0 amide bonds. The molecule has 2 aromatic carbocycles. The molecule has 2 nitrogen and oxygen atoms in total. The number of fused-ring (bicyclic) bond motifs is 1. The SMILES string of the molecule is CC(Cl)c1nc2c(Cl)cccc2n1-c1cc(F)ccc1F. The summed E-state index contributed by atoms with van der Waals surface area (Å²) in [5, 5.41) is -0.0576. The molecule has 0 radical (unpaired) electrons. The van der Waals surface area contributed by atoms with Gasteiger partial charge in [-0.15, -0.1) is 11.6 Å². The molecule has 0 spiro atoms. The molecule has 0 bridgehead atoms. The van der Waals surface area contributed by atoms with Crippen LogP contribution in [0.5, 0.6) is 0 Å². The van der Waals surface area contributed by atoms with E-state index in [1.54, 1.807) is 25.1 Å². The van der Waals surface area contributed by atoms with E-state index in [1.165, 1.54) is 4.57 Å². The van der Waals surface area contributed by atoms with Crippen molar-refractivity contribution in [1.82, 2.24) is 9.55 Å². The Bertz CT molecular complexity index is 828. The Hall–Kier alpha value is -1.65. The van der Waals surface area contributed by atoms with Crippen molar-refractivity contribution in [3.8, 4) is 5.69 Å². The van der Waals surface area contributed by atoms with Crippen molar-refractivity contribution in [2.45, 2.75) is 12.3 Å². The average Bonchev–Trinajstić information content (AvgIpc) is 2.82. The van der Waals surface area contributed by atoms with Crippen LogP contribution in [0.3, 0.4) is 0 Å². The molecule has 108 valence electrons. The molecule has 1 aromatic heterocycles. The maximum Gasteiger partial charge on any atom is 0.147 e. The van der Waals surface area contributed by atoms with Crippen LogP contribution in [-0.4, -0.2) is 9.55 Å². The first-order valence-electron chi connectivity index (χ1n) is 6.25. The second kappa shape index (κ2) is 5.28. The van der Waals surface area contributed by atoms with Gasteiger partial charge in [-0.25, -0.2) is 13.8 Å². The Labute approximate surface area is 129 Å². The van der Waals surface area contributed by atoms with Gasteiger partial charge in [0.2, 0.25) is 0 Å². The number of para-hydroxylation sites is 1. The number of nitrogens with zero attached hydrogens (tertiary/aromatic N) is 2. The Balaban J connectivity index is 2.42. The summed E-state index contributed by atoms with van der Waals surface area (Å²) in [6, 6.07) is 8.40. The average molecular weight is 327 g/mol. The normalized spacial score (nSPS) is 12.8. The molecule has 0 fully saturated rings. The number of hydrogen-bond donors (Lipinski definition) is 0. The van der Waals surface area contributed by atoms with E-state index in [0.29, 0.717) is 21.9 Å². The minimum atomic E-state index is -0.561. The zero-order chi connectivity index (χ0) is 15.1. The summed E-state index contributed by atoms with van der Waals surface area (Å²) in [5.74, 6) is -0.693. The highest BCUT2D eigenvalue weighted by Crippen LogP contribution is 2.32. The van der Waals surface area contributed by atoms with Crippen LogP contribution in [0.2, 0.25) is 5.02 Å².